The second-order valence-electron chi connectivity index (χ2n) is 8.70. The quantitative estimate of drug-likeness (QED) is 0.332. The Bertz CT molecular complexity index is 1530. The first-order valence-electron chi connectivity index (χ1n) is 11.3. The monoisotopic (exact) mass is 501 g/mol. The average molecular weight is 502 g/mol. The van der Waals surface area contributed by atoms with Gasteiger partial charge in [-0.3, -0.25) is 13.8 Å². The SMILES string of the molecule is CS(=O)(=O)N(CCCCO)c1cc2oc(-c3ccc(F)cc3)c(-c3noc(=O)[nH]3)c2cc1C1CC1. The van der Waals surface area contributed by atoms with E-state index in [4.69, 9.17) is 8.94 Å². The topological polar surface area (TPSA) is 130 Å². The largest absolute Gasteiger partial charge is 0.455 e. The fraction of sp³-hybridized carbons (Fsp3) is 0.333. The highest BCUT2D eigenvalue weighted by molar-refractivity contribution is 7.92. The lowest BCUT2D eigenvalue weighted by Gasteiger charge is -2.25. The molecule has 0 amide bonds. The first-order valence-corrected chi connectivity index (χ1v) is 13.1. The zero-order chi connectivity index (χ0) is 24.7. The number of benzene rings is 2. The number of aromatic amines is 1. The van der Waals surface area contributed by atoms with Gasteiger partial charge in [0.2, 0.25) is 10.0 Å². The van der Waals surface area contributed by atoms with Crippen LogP contribution in [-0.4, -0.2) is 43.1 Å². The molecule has 35 heavy (non-hydrogen) atoms. The predicted octanol–water partition coefficient (Wildman–Crippen LogP) is 4.00. The maximum Gasteiger partial charge on any atom is 0.439 e. The molecule has 0 atom stereocenters. The zero-order valence-corrected chi connectivity index (χ0v) is 19.8. The molecule has 0 spiro atoms. The van der Waals surface area contributed by atoms with Crippen LogP contribution in [0.25, 0.3) is 33.7 Å². The summed E-state index contributed by atoms with van der Waals surface area (Å²) in [5.41, 5.74) is 2.79. The van der Waals surface area contributed by atoms with Gasteiger partial charge in [-0.25, -0.2) is 17.6 Å². The molecule has 1 saturated carbocycles. The van der Waals surface area contributed by atoms with Crippen molar-refractivity contribution in [2.45, 2.75) is 31.6 Å². The van der Waals surface area contributed by atoms with Gasteiger partial charge in [0.05, 0.1) is 17.5 Å². The lowest BCUT2D eigenvalue weighted by atomic mass is 10.0. The number of aliphatic hydroxyl groups is 1. The Morgan fingerprint density at radius 3 is 2.54 bits per heavy atom. The number of rotatable bonds is 9. The number of H-pyrrole nitrogens is 1. The molecule has 1 aliphatic rings. The van der Waals surface area contributed by atoms with Crippen molar-refractivity contribution in [3.63, 3.8) is 0 Å². The minimum atomic E-state index is -3.61. The molecule has 0 unspecified atom stereocenters. The first kappa shape index (κ1) is 23.3. The summed E-state index contributed by atoms with van der Waals surface area (Å²) in [7, 11) is -3.61. The third-order valence-electron chi connectivity index (χ3n) is 6.08. The van der Waals surface area contributed by atoms with Crippen molar-refractivity contribution in [1.29, 1.82) is 0 Å². The Kier molecular flexibility index (Phi) is 5.97. The van der Waals surface area contributed by atoms with Gasteiger partial charge in [0.25, 0.3) is 0 Å². The van der Waals surface area contributed by atoms with Crippen LogP contribution in [0, 0.1) is 5.82 Å². The Morgan fingerprint density at radius 1 is 1.20 bits per heavy atom. The Balaban J connectivity index is 1.75. The van der Waals surface area contributed by atoms with E-state index in [9.17, 15) is 22.7 Å². The molecule has 1 fully saturated rings. The molecule has 0 saturated heterocycles. The fourth-order valence-electron chi connectivity index (χ4n) is 4.30. The number of nitrogens with one attached hydrogen (secondary N) is 1. The van der Waals surface area contributed by atoms with Crippen LogP contribution < -0.4 is 10.1 Å². The Morgan fingerprint density at radius 2 is 1.94 bits per heavy atom. The molecular weight excluding hydrogens is 477 g/mol. The summed E-state index contributed by atoms with van der Waals surface area (Å²) in [5.74, 6) is -0.457. The number of nitrogens with zero attached hydrogens (tertiary/aromatic N) is 2. The van der Waals surface area contributed by atoms with Gasteiger partial charge in [-0.05, 0) is 67.5 Å². The smallest absolute Gasteiger partial charge is 0.439 e. The lowest BCUT2D eigenvalue weighted by molar-refractivity contribution is 0.285. The van der Waals surface area contributed by atoms with Crippen LogP contribution >= 0.6 is 0 Å². The van der Waals surface area contributed by atoms with Gasteiger partial charge in [-0.2, -0.15) is 0 Å². The summed E-state index contributed by atoms with van der Waals surface area (Å²) in [6.45, 7) is 0.199. The molecule has 11 heteroatoms. The molecule has 2 aromatic carbocycles. The highest BCUT2D eigenvalue weighted by Gasteiger charge is 2.32. The van der Waals surface area contributed by atoms with Crippen molar-refractivity contribution in [2.24, 2.45) is 0 Å². The van der Waals surface area contributed by atoms with Gasteiger partial charge in [-0.1, -0.05) is 5.16 Å². The van der Waals surface area contributed by atoms with E-state index < -0.39 is 21.6 Å². The van der Waals surface area contributed by atoms with Crippen molar-refractivity contribution in [1.82, 2.24) is 10.1 Å². The molecule has 9 nitrogen and oxygen atoms in total. The average Bonchev–Trinajstić information content (AvgIpc) is 3.47. The number of sulfonamides is 1. The number of halogens is 1. The van der Waals surface area contributed by atoms with Gasteiger partial charge in [0.15, 0.2) is 5.82 Å². The van der Waals surface area contributed by atoms with E-state index >= 15 is 0 Å². The minimum absolute atomic E-state index is 0.0232. The van der Waals surface area contributed by atoms with Gasteiger partial charge in [-0.15, -0.1) is 0 Å². The molecule has 2 N–H and O–H groups in total. The summed E-state index contributed by atoms with van der Waals surface area (Å²) in [5, 5.41) is 13.6. The lowest BCUT2D eigenvalue weighted by Crippen LogP contribution is -2.31. The number of aromatic nitrogens is 2. The molecule has 2 heterocycles. The van der Waals surface area contributed by atoms with Crippen LogP contribution in [0.15, 0.2) is 50.1 Å². The van der Waals surface area contributed by atoms with Crippen LogP contribution in [0.5, 0.6) is 0 Å². The van der Waals surface area contributed by atoms with E-state index in [1.54, 1.807) is 18.2 Å². The van der Waals surface area contributed by atoms with Crippen molar-refractivity contribution in [3.05, 3.63) is 58.3 Å². The minimum Gasteiger partial charge on any atom is -0.455 e. The van der Waals surface area contributed by atoms with Crippen LogP contribution in [0.3, 0.4) is 0 Å². The van der Waals surface area contributed by atoms with Crippen molar-refractivity contribution < 1.29 is 26.9 Å². The number of unbranched alkanes of at least 4 members (excludes halogenated alkanes) is 1. The fourth-order valence-corrected chi connectivity index (χ4v) is 5.27. The number of hydrogen-bond acceptors (Lipinski definition) is 7. The standard InChI is InChI=1S/C24H24FN3O6S/c1-35(31,32)28(10-2-3-11-29)19-13-20-18(12-17(19)14-4-5-14)21(23-26-24(30)34-27-23)22(33-20)15-6-8-16(25)9-7-15/h6-9,12-14,29H,2-5,10-11H2,1H3,(H,26,27,30). The van der Waals surface area contributed by atoms with Crippen LogP contribution in [0.4, 0.5) is 10.1 Å². The maximum absolute atomic E-state index is 13.6. The number of anilines is 1. The number of aliphatic hydroxyl groups excluding tert-OH is 1. The third kappa shape index (κ3) is 4.61. The molecule has 184 valence electrons. The summed E-state index contributed by atoms with van der Waals surface area (Å²) >= 11 is 0. The molecule has 2 aromatic heterocycles. The number of fused-ring (bicyclic) bond motifs is 1. The van der Waals surface area contributed by atoms with Crippen molar-refractivity contribution >= 4 is 26.7 Å². The number of furan rings is 1. The molecule has 0 bridgehead atoms. The summed E-state index contributed by atoms with van der Waals surface area (Å²) in [6.07, 6.45) is 3.98. The Hall–Kier alpha value is -3.44. The van der Waals surface area contributed by atoms with E-state index in [1.807, 2.05) is 6.07 Å². The second kappa shape index (κ2) is 8.97. The van der Waals surface area contributed by atoms with Crippen molar-refractivity contribution in [2.75, 3.05) is 23.7 Å². The second-order valence-corrected chi connectivity index (χ2v) is 10.6. The van der Waals surface area contributed by atoms with Crippen LogP contribution in [0.1, 0.15) is 37.2 Å². The highest BCUT2D eigenvalue weighted by atomic mass is 32.2. The summed E-state index contributed by atoms with van der Waals surface area (Å²) in [4.78, 5) is 14.3. The van der Waals surface area contributed by atoms with E-state index in [2.05, 4.69) is 10.1 Å². The summed E-state index contributed by atoms with van der Waals surface area (Å²) in [6, 6.07) is 9.27. The van der Waals surface area contributed by atoms with E-state index in [0.717, 1.165) is 24.7 Å². The number of hydrogen-bond donors (Lipinski definition) is 2. The normalized spacial score (nSPS) is 14.0. The highest BCUT2D eigenvalue weighted by Crippen LogP contribution is 2.49. The van der Waals surface area contributed by atoms with Gasteiger partial charge in [0.1, 0.15) is 17.2 Å². The van der Waals surface area contributed by atoms with Gasteiger partial charge >= 0.3 is 5.76 Å². The predicted molar refractivity (Wildman–Crippen MR) is 128 cm³/mol. The third-order valence-corrected chi connectivity index (χ3v) is 7.26. The van der Waals surface area contributed by atoms with E-state index in [0.29, 0.717) is 46.4 Å². The molecule has 0 aliphatic heterocycles. The van der Waals surface area contributed by atoms with Crippen LogP contribution in [-0.2, 0) is 10.0 Å². The van der Waals surface area contributed by atoms with E-state index in [1.165, 1.54) is 16.4 Å². The van der Waals surface area contributed by atoms with Gasteiger partial charge in [0, 0.05) is 30.2 Å². The maximum atomic E-state index is 13.6. The zero-order valence-electron chi connectivity index (χ0n) is 19.0. The molecule has 5 rings (SSSR count). The Labute approximate surface area is 200 Å². The van der Waals surface area contributed by atoms with Gasteiger partial charge < -0.3 is 9.52 Å². The molecule has 1 aliphatic carbocycles. The molecular formula is C24H24FN3O6S. The van der Waals surface area contributed by atoms with Crippen LogP contribution in [0.2, 0.25) is 0 Å². The first-order chi connectivity index (χ1) is 16.8. The molecule has 0 radical (unpaired) electrons. The van der Waals surface area contributed by atoms with E-state index in [-0.39, 0.29) is 24.9 Å². The molecule has 4 aromatic rings. The summed E-state index contributed by atoms with van der Waals surface area (Å²) < 4.78 is 51.3. The van der Waals surface area contributed by atoms with Crippen molar-refractivity contribution in [3.8, 4) is 22.7 Å².